The van der Waals surface area contributed by atoms with E-state index in [9.17, 15) is 0 Å². The fourth-order valence-corrected chi connectivity index (χ4v) is 3.07. The first-order chi connectivity index (χ1) is 11.6. The third-order valence-electron chi connectivity index (χ3n) is 4.39. The number of aromatic nitrogens is 3. The molecule has 6 nitrogen and oxygen atoms in total. The fourth-order valence-electron chi connectivity index (χ4n) is 3.07. The third-order valence-corrected chi connectivity index (χ3v) is 4.39. The van der Waals surface area contributed by atoms with Gasteiger partial charge in [0.25, 0.3) is 0 Å². The molecule has 0 radical (unpaired) electrons. The van der Waals surface area contributed by atoms with Crippen LogP contribution in [0.2, 0.25) is 0 Å². The lowest BCUT2D eigenvalue weighted by atomic mass is 10.2. The Labute approximate surface area is 143 Å². The number of nitrogens with zero attached hydrogens (tertiary/aromatic N) is 5. The van der Waals surface area contributed by atoms with E-state index in [1.807, 2.05) is 42.9 Å². The molecule has 0 spiro atoms. The molecule has 0 atom stereocenters. The average molecular weight is 326 g/mol. The van der Waals surface area contributed by atoms with E-state index in [0.717, 1.165) is 35.9 Å². The summed E-state index contributed by atoms with van der Waals surface area (Å²) in [5.41, 5.74) is 9.28. The molecule has 24 heavy (non-hydrogen) atoms. The number of aryl methyl sites for hydroxylation is 2. The molecular weight excluding hydrogens is 300 g/mol. The van der Waals surface area contributed by atoms with Gasteiger partial charge in [0.15, 0.2) is 11.8 Å². The van der Waals surface area contributed by atoms with E-state index < -0.39 is 0 Å². The van der Waals surface area contributed by atoms with E-state index in [2.05, 4.69) is 20.0 Å². The predicted molar refractivity (Wildman–Crippen MR) is 96.2 cm³/mol. The first kappa shape index (κ1) is 16.5. The zero-order valence-corrected chi connectivity index (χ0v) is 14.6. The van der Waals surface area contributed by atoms with Crippen molar-refractivity contribution in [1.82, 2.24) is 19.7 Å². The number of rotatable bonds is 3. The highest BCUT2D eigenvalue weighted by Gasteiger charge is 2.10. The third kappa shape index (κ3) is 3.93. The zero-order valence-electron chi connectivity index (χ0n) is 14.6. The second-order valence-electron chi connectivity index (χ2n) is 6.44. The molecule has 0 amide bonds. The van der Waals surface area contributed by atoms with Gasteiger partial charge in [0, 0.05) is 25.0 Å². The number of nitrogens with two attached hydrogens (primary N) is 1. The first-order valence-electron chi connectivity index (χ1n) is 8.67. The van der Waals surface area contributed by atoms with Crippen LogP contribution in [0.3, 0.4) is 0 Å². The smallest absolute Gasteiger partial charge is 0.191 e. The number of hydrogen-bond donors (Lipinski definition) is 1. The SMILES string of the molecule is Cc1cc(C)n(-c2ccc(CN=C(N)N3CCCCCC3)cn2)n1. The highest BCUT2D eigenvalue weighted by molar-refractivity contribution is 5.78. The summed E-state index contributed by atoms with van der Waals surface area (Å²) in [7, 11) is 0. The maximum Gasteiger partial charge on any atom is 0.191 e. The van der Waals surface area contributed by atoms with Crippen molar-refractivity contribution >= 4 is 5.96 Å². The van der Waals surface area contributed by atoms with Crippen LogP contribution in [0.15, 0.2) is 29.4 Å². The van der Waals surface area contributed by atoms with Crippen LogP contribution in [0.25, 0.3) is 5.82 Å². The summed E-state index contributed by atoms with van der Waals surface area (Å²) in [6.45, 7) is 6.61. The van der Waals surface area contributed by atoms with Gasteiger partial charge in [-0.05, 0) is 44.4 Å². The van der Waals surface area contributed by atoms with E-state index in [-0.39, 0.29) is 0 Å². The van der Waals surface area contributed by atoms with Gasteiger partial charge in [-0.25, -0.2) is 14.7 Å². The maximum absolute atomic E-state index is 6.15. The Bertz CT molecular complexity index is 693. The molecular formula is C18H26N6. The molecule has 1 fully saturated rings. The molecule has 1 aliphatic heterocycles. The topological polar surface area (TPSA) is 72.3 Å². The number of hydrogen-bond acceptors (Lipinski definition) is 3. The molecule has 0 aromatic carbocycles. The van der Waals surface area contributed by atoms with Gasteiger partial charge in [0.2, 0.25) is 0 Å². The molecule has 2 N–H and O–H groups in total. The standard InChI is InChI=1S/C18H26N6/c1-14-11-15(2)24(22-14)17-8-7-16(12-20-17)13-21-18(19)23-9-5-3-4-6-10-23/h7-8,11-12H,3-6,9-10,13H2,1-2H3,(H2,19,21). The lowest BCUT2D eigenvalue weighted by Crippen LogP contribution is -2.38. The minimum Gasteiger partial charge on any atom is -0.370 e. The molecule has 128 valence electrons. The Hall–Kier alpha value is -2.37. The van der Waals surface area contributed by atoms with Crippen molar-refractivity contribution in [3.8, 4) is 5.82 Å². The van der Waals surface area contributed by atoms with Crippen LogP contribution in [0.5, 0.6) is 0 Å². The largest absolute Gasteiger partial charge is 0.370 e. The molecule has 3 rings (SSSR count). The molecule has 0 unspecified atom stereocenters. The van der Waals surface area contributed by atoms with Crippen molar-refractivity contribution < 1.29 is 0 Å². The van der Waals surface area contributed by atoms with Crippen LogP contribution in [0.4, 0.5) is 0 Å². The van der Waals surface area contributed by atoms with E-state index in [0.29, 0.717) is 12.5 Å². The lowest BCUT2D eigenvalue weighted by molar-refractivity contribution is 0.428. The van der Waals surface area contributed by atoms with E-state index in [4.69, 9.17) is 5.73 Å². The highest BCUT2D eigenvalue weighted by Crippen LogP contribution is 2.12. The van der Waals surface area contributed by atoms with E-state index in [1.165, 1.54) is 25.7 Å². The Balaban J connectivity index is 1.65. The fraction of sp³-hybridized carbons (Fsp3) is 0.500. The van der Waals surface area contributed by atoms with Crippen molar-refractivity contribution in [2.45, 2.75) is 46.1 Å². The normalized spacial score (nSPS) is 16.2. The zero-order chi connectivity index (χ0) is 16.9. The number of pyridine rings is 1. The van der Waals surface area contributed by atoms with Crippen LogP contribution in [-0.2, 0) is 6.54 Å². The van der Waals surface area contributed by atoms with Gasteiger partial charge in [-0.15, -0.1) is 0 Å². The minimum absolute atomic E-state index is 0.562. The Kier molecular flexibility index (Phi) is 5.13. The van der Waals surface area contributed by atoms with Gasteiger partial charge in [-0.2, -0.15) is 5.10 Å². The summed E-state index contributed by atoms with van der Waals surface area (Å²) in [6.07, 6.45) is 6.85. The molecule has 2 aromatic rings. The minimum atomic E-state index is 0.562. The molecule has 6 heteroatoms. The Morgan fingerprint density at radius 2 is 1.92 bits per heavy atom. The average Bonchev–Trinajstić information content (AvgIpc) is 2.80. The highest BCUT2D eigenvalue weighted by atomic mass is 15.3. The van der Waals surface area contributed by atoms with Crippen molar-refractivity contribution in [3.63, 3.8) is 0 Å². The predicted octanol–water partition coefficient (Wildman–Crippen LogP) is 2.57. The van der Waals surface area contributed by atoms with Gasteiger partial charge in [-0.3, -0.25) is 0 Å². The summed E-state index contributed by atoms with van der Waals surface area (Å²) < 4.78 is 1.86. The van der Waals surface area contributed by atoms with Crippen LogP contribution < -0.4 is 5.73 Å². The molecule has 1 saturated heterocycles. The summed E-state index contributed by atoms with van der Waals surface area (Å²) in [5.74, 6) is 1.48. The second-order valence-corrected chi connectivity index (χ2v) is 6.44. The van der Waals surface area contributed by atoms with Gasteiger partial charge in [-0.1, -0.05) is 18.9 Å². The summed E-state index contributed by atoms with van der Waals surface area (Å²) in [4.78, 5) is 11.2. The van der Waals surface area contributed by atoms with Gasteiger partial charge in [0.05, 0.1) is 12.2 Å². The molecule has 0 bridgehead atoms. The van der Waals surface area contributed by atoms with E-state index in [1.54, 1.807) is 0 Å². The quantitative estimate of drug-likeness (QED) is 0.695. The number of aliphatic imine (C=N–C) groups is 1. The van der Waals surface area contributed by atoms with Crippen molar-refractivity contribution in [3.05, 3.63) is 41.3 Å². The summed E-state index contributed by atoms with van der Waals surface area (Å²) in [6, 6.07) is 6.06. The molecule has 1 aliphatic rings. The maximum atomic E-state index is 6.15. The van der Waals surface area contributed by atoms with Crippen molar-refractivity contribution in [1.29, 1.82) is 0 Å². The number of likely N-dealkylation sites (tertiary alicyclic amines) is 1. The van der Waals surface area contributed by atoms with Crippen molar-refractivity contribution in [2.24, 2.45) is 10.7 Å². The van der Waals surface area contributed by atoms with E-state index >= 15 is 0 Å². The van der Waals surface area contributed by atoms with Crippen LogP contribution in [0, 0.1) is 13.8 Å². The number of guanidine groups is 1. The molecule has 3 heterocycles. The van der Waals surface area contributed by atoms with Crippen LogP contribution in [0.1, 0.15) is 42.6 Å². The van der Waals surface area contributed by atoms with Gasteiger partial charge in [0.1, 0.15) is 0 Å². The molecule has 0 aliphatic carbocycles. The Morgan fingerprint density at radius 1 is 1.17 bits per heavy atom. The van der Waals surface area contributed by atoms with Gasteiger partial charge >= 0.3 is 0 Å². The molecule has 2 aromatic heterocycles. The van der Waals surface area contributed by atoms with Crippen molar-refractivity contribution in [2.75, 3.05) is 13.1 Å². The molecule has 0 saturated carbocycles. The monoisotopic (exact) mass is 326 g/mol. The summed E-state index contributed by atoms with van der Waals surface area (Å²) in [5, 5.41) is 4.45. The first-order valence-corrected chi connectivity index (χ1v) is 8.67. The lowest BCUT2D eigenvalue weighted by Gasteiger charge is -2.21. The van der Waals surface area contributed by atoms with Gasteiger partial charge < -0.3 is 10.6 Å². The van der Waals surface area contributed by atoms with Crippen LogP contribution >= 0.6 is 0 Å². The summed E-state index contributed by atoms with van der Waals surface area (Å²) >= 11 is 0. The van der Waals surface area contributed by atoms with Crippen LogP contribution in [-0.4, -0.2) is 38.7 Å². The second kappa shape index (κ2) is 7.47. The Morgan fingerprint density at radius 3 is 2.50 bits per heavy atom.